The van der Waals surface area contributed by atoms with Gasteiger partial charge in [-0.2, -0.15) is 0 Å². The third-order valence-corrected chi connectivity index (χ3v) is 5.02. The van der Waals surface area contributed by atoms with Gasteiger partial charge in [-0.3, -0.25) is 9.59 Å². The Bertz CT molecular complexity index is 989. The lowest BCUT2D eigenvalue weighted by Crippen LogP contribution is -2.11. The number of carbonyl (C=O) groups excluding carboxylic acids is 2. The molecule has 1 aliphatic carbocycles. The van der Waals surface area contributed by atoms with Crippen LogP contribution in [0.2, 0.25) is 0 Å². The van der Waals surface area contributed by atoms with E-state index in [1.165, 1.54) is 0 Å². The Hall–Kier alpha value is -3.34. The Morgan fingerprint density at radius 3 is 2.53 bits per heavy atom. The summed E-state index contributed by atoms with van der Waals surface area (Å²) >= 11 is 0. The predicted molar refractivity (Wildman–Crippen MR) is 119 cm³/mol. The van der Waals surface area contributed by atoms with Crippen molar-refractivity contribution in [3.05, 3.63) is 70.8 Å². The lowest BCUT2D eigenvalue weighted by molar-refractivity contribution is -0.143. The molecule has 0 atom stereocenters. The van der Waals surface area contributed by atoms with Crippen LogP contribution < -0.4 is 10.5 Å². The van der Waals surface area contributed by atoms with Crippen molar-refractivity contribution in [1.82, 2.24) is 0 Å². The highest BCUT2D eigenvalue weighted by molar-refractivity contribution is 6.08. The number of primary amides is 1. The van der Waals surface area contributed by atoms with Crippen LogP contribution in [0, 0.1) is 0 Å². The van der Waals surface area contributed by atoms with Gasteiger partial charge >= 0.3 is 5.97 Å². The standard InChI is InChI=1S/C25H27NO4/c1-3-29-25(28)10-7-13-30-19-11-12-20-21(14-18-8-5-4-6-9-18)17(2)22(16-24(26)27)23(20)15-19/h4-6,8-9,11-12,14-15H,3,7,10,13,16H2,1-2H3,(H2,26,27)/b21-14+. The summed E-state index contributed by atoms with van der Waals surface area (Å²) < 4.78 is 10.8. The highest BCUT2D eigenvalue weighted by Crippen LogP contribution is 2.44. The van der Waals surface area contributed by atoms with Gasteiger partial charge in [0.2, 0.25) is 5.91 Å². The zero-order chi connectivity index (χ0) is 21.5. The highest BCUT2D eigenvalue weighted by atomic mass is 16.5. The number of hydrogen-bond acceptors (Lipinski definition) is 4. The van der Waals surface area contributed by atoms with Gasteiger partial charge in [-0.05, 0) is 71.9 Å². The van der Waals surface area contributed by atoms with Crippen molar-refractivity contribution >= 4 is 29.1 Å². The molecule has 5 heteroatoms. The molecular formula is C25H27NO4. The summed E-state index contributed by atoms with van der Waals surface area (Å²) in [6.07, 6.45) is 3.21. The van der Waals surface area contributed by atoms with Crippen LogP contribution in [0.4, 0.5) is 0 Å². The van der Waals surface area contributed by atoms with Crippen LogP contribution >= 0.6 is 0 Å². The molecule has 156 valence electrons. The molecule has 1 aliphatic rings. The summed E-state index contributed by atoms with van der Waals surface area (Å²) in [5.74, 6) is 0.124. The van der Waals surface area contributed by atoms with Crippen LogP contribution in [0.15, 0.2) is 54.1 Å². The molecule has 0 aromatic heterocycles. The molecule has 0 aliphatic heterocycles. The van der Waals surface area contributed by atoms with Crippen LogP contribution in [0.3, 0.4) is 0 Å². The van der Waals surface area contributed by atoms with E-state index in [0.717, 1.165) is 33.4 Å². The number of benzene rings is 2. The molecule has 1 amide bonds. The molecule has 0 fully saturated rings. The second-order valence-electron chi connectivity index (χ2n) is 7.18. The molecule has 2 aromatic carbocycles. The van der Waals surface area contributed by atoms with Crippen molar-refractivity contribution in [2.45, 2.75) is 33.1 Å². The van der Waals surface area contributed by atoms with E-state index in [4.69, 9.17) is 15.2 Å². The van der Waals surface area contributed by atoms with Gasteiger partial charge in [-0.25, -0.2) is 0 Å². The first-order chi connectivity index (χ1) is 14.5. The van der Waals surface area contributed by atoms with Crippen LogP contribution in [0.5, 0.6) is 5.75 Å². The molecule has 0 saturated heterocycles. The summed E-state index contributed by atoms with van der Waals surface area (Å²) in [6.45, 7) is 4.61. The van der Waals surface area contributed by atoms with Crippen molar-refractivity contribution < 1.29 is 19.1 Å². The number of allylic oxidation sites excluding steroid dienone is 2. The summed E-state index contributed by atoms with van der Waals surface area (Å²) in [7, 11) is 0. The number of carbonyl (C=O) groups is 2. The molecule has 0 unspecified atom stereocenters. The summed E-state index contributed by atoms with van der Waals surface area (Å²) in [5.41, 5.74) is 11.7. The molecule has 0 heterocycles. The summed E-state index contributed by atoms with van der Waals surface area (Å²) in [4.78, 5) is 23.1. The van der Waals surface area contributed by atoms with Gasteiger partial charge in [0, 0.05) is 6.42 Å². The number of hydrogen-bond donors (Lipinski definition) is 1. The number of amides is 1. The Kier molecular flexibility index (Phi) is 7.07. The van der Waals surface area contributed by atoms with Crippen LogP contribution in [0.25, 0.3) is 17.2 Å². The monoisotopic (exact) mass is 405 g/mol. The topological polar surface area (TPSA) is 78.6 Å². The molecule has 0 radical (unpaired) electrons. The molecule has 2 N–H and O–H groups in total. The fraction of sp³-hybridized carbons (Fsp3) is 0.280. The quantitative estimate of drug-likeness (QED) is 0.488. The average molecular weight is 405 g/mol. The van der Waals surface area contributed by atoms with Gasteiger partial charge in [0.05, 0.1) is 19.6 Å². The largest absolute Gasteiger partial charge is 0.494 e. The lowest BCUT2D eigenvalue weighted by Gasteiger charge is -2.10. The van der Waals surface area contributed by atoms with Gasteiger partial charge in [0.25, 0.3) is 0 Å². The van der Waals surface area contributed by atoms with Crippen LogP contribution in [-0.2, 0) is 14.3 Å². The Balaban J connectivity index is 1.83. The Labute approximate surface area is 177 Å². The van der Waals surface area contributed by atoms with Gasteiger partial charge in [0.1, 0.15) is 5.75 Å². The van der Waals surface area contributed by atoms with Gasteiger partial charge < -0.3 is 15.2 Å². The molecule has 5 nitrogen and oxygen atoms in total. The maximum atomic E-state index is 11.7. The zero-order valence-corrected chi connectivity index (χ0v) is 17.4. The van der Waals surface area contributed by atoms with Crippen molar-refractivity contribution in [3.8, 4) is 5.75 Å². The van der Waals surface area contributed by atoms with Crippen molar-refractivity contribution in [2.75, 3.05) is 13.2 Å². The summed E-state index contributed by atoms with van der Waals surface area (Å²) in [6, 6.07) is 16.0. The fourth-order valence-electron chi connectivity index (χ4n) is 3.61. The summed E-state index contributed by atoms with van der Waals surface area (Å²) in [5, 5.41) is 0. The molecular weight excluding hydrogens is 378 g/mol. The first-order valence-corrected chi connectivity index (χ1v) is 10.2. The minimum Gasteiger partial charge on any atom is -0.494 e. The smallest absolute Gasteiger partial charge is 0.305 e. The van der Waals surface area contributed by atoms with E-state index in [2.05, 4.69) is 6.08 Å². The first-order valence-electron chi connectivity index (χ1n) is 10.2. The van der Waals surface area contributed by atoms with E-state index >= 15 is 0 Å². The molecule has 2 aromatic rings. The van der Waals surface area contributed by atoms with Crippen LogP contribution in [-0.4, -0.2) is 25.1 Å². The van der Waals surface area contributed by atoms with E-state index < -0.39 is 0 Å². The maximum Gasteiger partial charge on any atom is 0.305 e. The minimum absolute atomic E-state index is 0.178. The van der Waals surface area contributed by atoms with Crippen molar-refractivity contribution in [2.24, 2.45) is 5.73 Å². The highest BCUT2D eigenvalue weighted by Gasteiger charge is 2.25. The Morgan fingerprint density at radius 2 is 1.83 bits per heavy atom. The predicted octanol–water partition coefficient (Wildman–Crippen LogP) is 4.61. The second-order valence-corrected chi connectivity index (χ2v) is 7.18. The lowest BCUT2D eigenvalue weighted by atomic mass is 10.0. The molecule has 0 spiro atoms. The van der Waals surface area contributed by atoms with Gasteiger partial charge in [-0.15, -0.1) is 0 Å². The Morgan fingerprint density at radius 1 is 1.07 bits per heavy atom. The van der Waals surface area contributed by atoms with Crippen molar-refractivity contribution in [1.29, 1.82) is 0 Å². The van der Waals surface area contributed by atoms with Crippen LogP contribution in [0.1, 0.15) is 49.8 Å². The normalized spacial score (nSPS) is 14.0. The number of fused-ring (bicyclic) bond motifs is 1. The number of esters is 1. The fourth-order valence-corrected chi connectivity index (χ4v) is 3.61. The van der Waals surface area contributed by atoms with E-state index in [0.29, 0.717) is 31.8 Å². The molecule has 0 bridgehead atoms. The third kappa shape index (κ3) is 5.17. The average Bonchev–Trinajstić information content (AvgIpc) is 2.97. The maximum absolute atomic E-state index is 11.7. The molecule has 3 rings (SSSR count). The van der Waals surface area contributed by atoms with Gasteiger partial charge in [0.15, 0.2) is 0 Å². The van der Waals surface area contributed by atoms with Crippen molar-refractivity contribution in [3.63, 3.8) is 0 Å². The van der Waals surface area contributed by atoms with Gasteiger partial charge in [-0.1, -0.05) is 36.4 Å². The van der Waals surface area contributed by atoms with E-state index in [-0.39, 0.29) is 18.3 Å². The van der Waals surface area contributed by atoms with E-state index in [9.17, 15) is 9.59 Å². The van der Waals surface area contributed by atoms with E-state index in [1.807, 2.05) is 55.5 Å². The first kappa shape index (κ1) is 21.4. The third-order valence-electron chi connectivity index (χ3n) is 5.02. The SMILES string of the molecule is CCOC(=O)CCCOc1ccc2c(c1)C(CC(N)=O)=C(C)/C2=C\c1ccccc1. The second kappa shape index (κ2) is 9.92. The number of nitrogens with two attached hydrogens (primary N) is 1. The number of ether oxygens (including phenoxy) is 2. The molecule has 30 heavy (non-hydrogen) atoms. The zero-order valence-electron chi connectivity index (χ0n) is 17.4. The molecule has 0 saturated carbocycles. The number of rotatable bonds is 9. The minimum atomic E-state index is -0.364. The van der Waals surface area contributed by atoms with E-state index in [1.54, 1.807) is 6.92 Å².